The predicted octanol–water partition coefficient (Wildman–Crippen LogP) is 2.66. The lowest BCUT2D eigenvalue weighted by molar-refractivity contribution is 0.240. The molecule has 1 rings (SSSR count). The summed E-state index contributed by atoms with van der Waals surface area (Å²) in [4.78, 5) is 14.1. The van der Waals surface area contributed by atoms with Gasteiger partial charge in [-0.25, -0.2) is 4.79 Å². The average molecular weight is 288 g/mol. The van der Waals surface area contributed by atoms with Gasteiger partial charge in [0.2, 0.25) is 0 Å². The molecule has 0 bridgehead atoms. The van der Waals surface area contributed by atoms with Crippen molar-refractivity contribution in [2.75, 3.05) is 26.0 Å². The smallest absolute Gasteiger partial charge is 0.319 e. The van der Waals surface area contributed by atoms with E-state index in [1.54, 1.807) is 24.3 Å². The van der Waals surface area contributed by atoms with Crippen LogP contribution >= 0.6 is 0 Å². The molecule has 5 nitrogen and oxygen atoms in total. The first-order valence-corrected chi connectivity index (χ1v) is 7.13. The molecule has 1 aromatic rings. The van der Waals surface area contributed by atoms with E-state index in [1.165, 1.54) is 0 Å². The summed E-state index contributed by atoms with van der Waals surface area (Å²) in [5.74, 6) is 0.511. The number of carbonyl (C=O) groups is 1. The van der Waals surface area contributed by atoms with Crippen LogP contribution in [0.1, 0.15) is 25.8 Å². The van der Waals surface area contributed by atoms with Crippen LogP contribution in [0.15, 0.2) is 24.3 Å². The number of benzene rings is 1. The van der Waals surface area contributed by atoms with E-state index in [2.05, 4.69) is 35.5 Å². The van der Waals surface area contributed by atoms with Crippen LogP contribution in [0.2, 0.25) is 0 Å². The molecular weight excluding hydrogens is 264 g/mol. The topological polar surface area (TPSA) is 68.2 Å². The van der Waals surface area contributed by atoms with Crippen molar-refractivity contribution in [3.05, 3.63) is 29.8 Å². The van der Waals surface area contributed by atoms with Crippen molar-refractivity contribution < 1.29 is 4.79 Å². The maximum Gasteiger partial charge on any atom is 0.319 e. The zero-order valence-corrected chi connectivity index (χ0v) is 13.2. The number of hydrogen-bond donors (Lipinski definition) is 2. The molecule has 1 aromatic carbocycles. The monoisotopic (exact) mass is 288 g/mol. The number of nitriles is 1. The first-order valence-electron chi connectivity index (χ1n) is 7.13. The number of carbonyl (C=O) groups excluding carboxylic acids is 1. The molecule has 0 heterocycles. The quantitative estimate of drug-likeness (QED) is 0.845. The molecule has 2 N–H and O–H groups in total. The summed E-state index contributed by atoms with van der Waals surface area (Å²) in [6.07, 6.45) is 0.920. The highest BCUT2D eigenvalue weighted by Crippen LogP contribution is 2.10. The van der Waals surface area contributed by atoms with E-state index in [9.17, 15) is 4.79 Å². The number of amides is 2. The molecule has 0 saturated heterocycles. The second-order valence-electron chi connectivity index (χ2n) is 5.88. The van der Waals surface area contributed by atoms with Crippen molar-refractivity contribution >= 4 is 11.7 Å². The minimum atomic E-state index is -0.238. The molecule has 0 aliphatic heterocycles. The molecular formula is C16H24N4O. The largest absolute Gasteiger partial charge is 0.334 e. The Morgan fingerprint density at radius 1 is 1.38 bits per heavy atom. The van der Waals surface area contributed by atoms with Gasteiger partial charge in [0.15, 0.2) is 0 Å². The Balaban J connectivity index is 2.62. The van der Waals surface area contributed by atoms with Crippen molar-refractivity contribution in [1.82, 2.24) is 10.2 Å². The molecule has 0 spiro atoms. The van der Waals surface area contributed by atoms with Gasteiger partial charge in [-0.1, -0.05) is 19.9 Å². The SMILES string of the molecule is CC(C)CC(CN(C)C)NC(=O)Nc1cccc(C#N)c1. The summed E-state index contributed by atoms with van der Waals surface area (Å²) in [6, 6.07) is 8.79. The second kappa shape index (κ2) is 8.28. The summed E-state index contributed by atoms with van der Waals surface area (Å²) in [6.45, 7) is 5.07. The summed E-state index contributed by atoms with van der Waals surface area (Å²) in [7, 11) is 3.98. The van der Waals surface area contributed by atoms with Crippen LogP contribution in [0, 0.1) is 17.2 Å². The van der Waals surface area contributed by atoms with Crippen molar-refractivity contribution in [1.29, 1.82) is 5.26 Å². The number of hydrogen-bond acceptors (Lipinski definition) is 3. The molecule has 5 heteroatoms. The van der Waals surface area contributed by atoms with E-state index in [0.717, 1.165) is 13.0 Å². The highest BCUT2D eigenvalue weighted by molar-refractivity contribution is 5.89. The summed E-state index contributed by atoms with van der Waals surface area (Å²) in [5, 5.41) is 14.6. The molecule has 0 saturated carbocycles. The van der Waals surface area contributed by atoms with Gasteiger partial charge in [0.1, 0.15) is 0 Å². The van der Waals surface area contributed by atoms with Gasteiger partial charge in [0, 0.05) is 18.3 Å². The van der Waals surface area contributed by atoms with Crippen molar-refractivity contribution in [3.63, 3.8) is 0 Å². The fraction of sp³-hybridized carbons (Fsp3) is 0.500. The van der Waals surface area contributed by atoms with E-state index in [-0.39, 0.29) is 12.1 Å². The van der Waals surface area contributed by atoms with E-state index in [1.807, 2.05) is 14.1 Å². The third-order valence-electron chi connectivity index (χ3n) is 2.93. The Bertz CT molecular complexity index is 495. The third kappa shape index (κ3) is 6.77. The number of likely N-dealkylation sites (N-methyl/N-ethyl adjacent to an activating group) is 1. The van der Waals surface area contributed by atoms with E-state index >= 15 is 0 Å². The van der Waals surface area contributed by atoms with Crippen molar-refractivity contribution in [2.45, 2.75) is 26.3 Å². The first kappa shape index (κ1) is 17.0. The van der Waals surface area contributed by atoms with Crippen LogP contribution in [0.5, 0.6) is 0 Å². The Kier molecular flexibility index (Phi) is 6.70. The van der Waals surface area contributed by atoms with Gasteiger partial charge in [-0.2, -0.15) is 5.26 Å². The Morgan fingerprint density at radius 3 is 2.67 bits per heavy atom. The highest BCUT2D eigenvalue weighted by atomic mass is 16.2. The van der Waals surface area contributed by atoms with Gasteiger partial charge in [-0.15, -0.1) is 0 Å². The zero-order chi connectivity index (χ0) is 15.8. The second-order valence-corrected chi connectivity index (χ2v) is 5.88. The Labute approximate surface area is 126 Å². The minimum absolute atomic E-state index is 0.0964. The van der Waals surface area contributed by atoms with Gasteiger partial charge in [-0.05, 0) is 44.6 Å². The maximum atomic E-state index is 12.1. The number of rotatable bonds is 6. The summed E-state index contributed by atoms with van der Waals surface area (Å²) >= 11 is 0. The number of nitrogens with one attached hydrogen (secondary N) is 2. The van der Waals surface area contributed by atoms with Crippen LogP contribution in [0.3, 0.4) is 0 Å². The Hall–Kier alpha value is -2.06. The lowest BCUT2D eigenvalue weighted by atomic mass is 10.0. The van der Waals surface area contributed by atoms with Gasteiger partial charge >= 0.3 is 6.03 Å². The molecule has 0 radical (unpaired) electrons. The molecule has 2 amide bonds. The minimum Gasteiger partial charge on any atom is -0.334 e. The molecule has 0 aliphatic rings. The number of urea groups is 1. The molecule has 1 unspecified atom stereocenters. The predicted molar refractivity (Wildman–Crippen MR) is 85.1 cm³/mol. The zero-order valence-electron chi connectivity index (χ0n) is 13.2. The molecule has 0 aromatic heterocycles. The van der Waals surface area contributed by atoms with Crippen molar-refractivity contribution in [3.8, 4) is 6.07 Å². The van der Waals surface area contributed by atoms with Crippen LogP contribution in [0.25, 0.3) is 0 Å². The molecule has 0 fully saturated rings. The molecule has 114 valence electrons. The van der Waals surface area contributed by atoms with Gasteiger partial charge < -0.3 is 15.5 Å². The fourth-order valence-corrected chi connectivity index (χ4v) is 2.21. The lowest BCUT2D eigenvalue weighted by Crippen LogP contribution is -2.44. The standard InChI is InChI=1S/C16H24N4O/c1-12(2)8-15(11-20(3)4)19-16(21)18-14-7-5-6-13(9-14)10-17/h5-7,9,12,15H,8,11H2,1-4H3,(H2,18,19,21). The highest BCUT2D eigenvalue weighted by Gasteiger charge is 2.15. The van der Waals surface area contributed by atoms with Crippen LogP contribution in [-0.4, -0.2) is 37.6 Å². The van der Waals surface area contributed by atoms with Crippen molar-refractivity contribution in [2.24, 2.45) is 5.92 Å². The summed E-state index contributed by atoms with van der Waals surface area (Å²) < 4.78 is 0. The third-order valence-corrected chi connectivity index (χ3v) is 2.93. The van der Waals surface area contributed by atoms with Gasteiger partial charge in [0.25, 0.3) is 0 Å². The van der Waals surface area contributed by atoms with E-state index in [0.29, 0.717) is 17.2 Å². The average Bonchev–Trinajstić information content (AvgIpc) is 2.37. The van der Waals surface area contributed by atoms with Crippen LogP contribution in [0.4, 0.5) is 10.5 Å². The molecule has 21 heavy (non-hydrogen) atoms. The molecule has 1 atom stereocenters. The van der Waals surface area contributed by atoms with Gasteiger partial charge in [0.05, 0.1) is 11.6 Å². The Morgan fingerprint density at radius 2 is 2.10 bits per heavy atom. The van der Waals surface area contributed by atoms with Crippen LogP contribution in [-0.2, 0) is 0 Å². The number of nitrogens with zero attached hydrogens (tertiary/aromatic N) is 2. The molecule has 0 aliphatic carbocycles. The van der Waals surface area contributed by atoms with E-state index in [4.69, 9.17) is 5.26 Å². The lowest BCUT2D eigenvalue weighted by Gasteiger charge is -2.24. The fourth-order valence-electron chi connectivity index (χ4n) is 2.21. The normalized spacial score (nSPS) is 12.0. The van der Waals surface area contributed by atoms with Crippen LogP contribution < -0.4 is 10.6 Å². The van der Waals surface area contributed by atoms with E-state index < -0.39 is 0 Å². The van der Waals surface area contributed by atoms with Gasteiger partial charge in [-0.3, -0.25) is 0 Å². The maximum absolute atomic E-state index is 12.1. The summed E-state index contributed by atoms with van der Waals surface area (Å²) in [5.41, 5.74) is 1.15. The number of anilines is 1. The first-order chi connectivity index (χ1) is 9.90.